The van der Waals surface area contributed by atoms with Crippen molar-refractivity contribution in [2.75, 3.05) is 19.6 Å². The second-order valence-electron chi connectivity index (χ2n) is 5.80. The summed E-state index contributed by atoms with van der Waals surface area (Å²) in [7, 11) is 0. The van der Waals surface area contributed by atoms with Gasteiger partial charge in [-0.25, -0.2) is 14.8 Å². The molecule has 1 aromatic heterocycles. The van der Waals surface area contributed by atoms with Crippen LogP contribution >= 0.6 is 0 Å². The normalized spacial score (nSPS) is 13.5. The first kappa shape index (κ1) is 17.5. The first-order valence-corrected chi connectivity index (χ1v) is 8.36. The first-order valence-electron chi connectivity index (χ1n) is 8.36. The van der Waals surface area contributed by atoms with Gasteiger partial charge in [-0.3, -0.25) is 9.59 Å². The third-order valence-electron chi connectivity index (χ3n) is 3.99. The molecule has 136 valence electrons. The van der Waals surface area contributed by atoms with E-state index in [2.05, 4.69) is 10.6 Å². The highest BCUT2D eigenvalue weighted by Gasteiger charge is 2.30. The number of benzene rings is 1. The fourth-order valence-corrected chi connectivity index (χ4v) is 2.69. The number of carbonyl (C=O) groups excluding carboxylic acids is 3. The Morgan fingerprint density at radius 1 is 0.962 bits per heavy atom. The molecule has 0 unspecified atom stereocenters. The van der Waals surface area contributed by atoms with E-state index in [9.17, 15) is 14.4 Å². The Hall–Kier alpha value is -3.29. The fourth-order valence-electron chi connectivity index (χ4n) is 2.69. The van der Waals surface area contributed by atoms with Crippen molar-refractivity contribution in [3.63, 3.8) is 0 Å². The number of amides is 4. The van der Waals surface area contributed by atoms with Crippen molar-refractivity contribution in [3.8, 4) is 0 Å². The monoisotopic (exact) mass is 356 g/mol. The molecule has 0 aliphatic carbocycles. The third kappa shape index (κ3) is 4.21. The minimum Gasteiger partial charge on any atom is -0.459 e. The summed E-state index contributed by atoms with van der Waals surface area (Å²) >= 11 is 0. The average Bonchev–Trinajstić information content (AvgIpc) is 3.36. The molecule has 8 heteroatoms. The molecule has 1 fully saturated rings. The maximum absolute atomic E-state index is 12.4. The standard InChI is InChI=1S/C18H20N4O4/c23-16(13-19-17(24)15-8-4-11-26-15)21-9-5-10-22(21)18(25)20-12-14-6-2-1-3-7-14/h1-4,6-8,11H,5,9-10,12-13H2,(H,19,24)(H,20,25). The Balaban J connectivity index is 1.51. The van der Waals surface area contributed by atoms with Crippen LogP contribution < -0.4 is 10.6 Å². The lowest BCUT2D eigenvalue weighted by molar-refractivity contribution is -0.138. The van der Waals surface area contributed by atoms with Crippen LogP contribution in [-0.2, 0) is 11.3 Å². The van der Waals surface area contributed by atoms with Crippen LogP contribution in [0.2, 0.25) is 0 Å². The van der Waals surface area contributed by atoms with E-state index in [1.54, 1.807) is 6.07 Å². The number of urea groups is 1. The second kappa shape index (κ2) is 8.19. The lowest BCUT2D eigenvalue weighted by Crippen LogP contribution is -2.51. The molecule has 2 heterocycles. The van der Waals surface area contributed by atoms with Gasteiger partial charge in [0.15, 0.2) is 5.76 Å². The van der Waals surface area contributed by atoms with Crippen LogP contribution in [0.25, 0.3) is 0 Å². The van der Waals surface area contributed by atoms with Gasteiger partial charge in [-0.2, -0.15) is 0 Å². The van der Waals surface area contributed by atoms with Crippen LogP contribution in [-0.4, -0.2) is 47.5 Å². The Morgan fingerprint density at radius 2 is 1.73 bits per heavy atom. The predicted molar refractivity (Wildman–Crippen MR) is 92.8 cm³/mol. The van der Waals surface area contributed by atoms with Crippen molar-refractivity contribution < 1.29 is 18.8 Å². The number of hydrogen-bond donors (Lipinski definition) is 2. The van der Waals surface area contributed by atoms with Gasteiger partial charge in [0.25, 0.3) is 11.8 Å². The second-order valence-corrected chi connectivity index (χ2v) is 5.80. The maximum atomic E-state index is 12.4. The number of hydrogen-bond acceptors (Lipinski definition) is 4. The maximum Gasteiger partial charge on any atom is 0.336 e. The van der Waals surface area contributed by atoms with Crippen molar-refractivity contribution in [3.05, 3.63) is 60.1 Å². The fraction of sp³-hybridized carbons (Fsp3) is 0.278. The Labute approximate surface area is 150 Å². The molecule has 1 aromatic carbocycles. The molecule has 26 heavy (non-hydrogen) atoms. The first-order chi connectivity index (χ1) is 12.6. The van der Waals surface area contributed by atoms with Crippen molar-refractivity contribution in [1.29, 1.82) is 0 Å². The molecule has 2 N–H and O–H groups in total. The van der Waals surface area contributed by atoms with E-state index in [-0.39, 0.29) is 24.2 Å². The summed E-state index contributed by atoms with van der Waals surface area (Å²) in [5.41, 5.74) is 0.976. The number of nitrogens with one attached hydrogen (secondary N) is 2. The number of nitrogens with zero attached hydrogens (tertiary/aromatic N) is 2. The van der Waals surface area contributed by atoms with E-state index in [4.69, 9.17) is 4.42 Å². The van der Waals surface area contributed by atoms with E-state index < -0.39 is 5.91 Å². The van der Waals surface area contributed by atoms with Crippen LogP contribution in [0.5, 0.6) is 0 Å². The van der Waals surface area contributed by atoms with Crippen molar-refractivity contribution in [1.82, 2.24) is 20.7 Å². The summed E-state index contributed by atoms with van der Waals surface area (Å²) in [6.45, 7) is 1.07. The van der Waals surface area contributed by atoms with Gasteiger partial charge >= 0.3 is 6.03 Å². The van der Waals surface area contributed by atoms with E-state index >= 15 is 0 Å². The summed E-state index contributed by atoms with van der Waals surface area (Å²) in [5.74, 6) is -0.684. The largest absolute Gasteiger partial charge is 0.459 e. The van der Waals surface area contributed by atoms with Gasteiger partial charge in [-0.15, -0.1) is 0 Å². The molecule has 0 radical (unpaired) electrons. The van der Waals surface area contributed by atoms with Gasteiger partial charge in [-0.1, -0.05) is 30.3 Å². The number of carbonyl (C=O) groups is 3. The van der Waals surface area contributed by atoms with Crippen molar-refractivity contribution in [2.24, 2.45) is 0 Å². The summed E-state index contributed by atoms with van der Waals surface area (Å²) in [6, 6.07) is 12.3. The minimum absolute atomic E-state index is 0.136. The van der Waals surface area contributed by atoms with Crippen LogP contribution in [0.15, 0.2) is 53.1 Å². The molecule has 1 saturated heterocycles. The zero-order chi connectivity index (χ0) is 18.4. The molecule has 4 amide bonds. The van der Waals surface area contributed by atoms with Crippen LogP contribution in [0.3, 0.4) is 0 Å². The molecule has 0 saturated carbocycles. The zero-order valence-corrected chi connectivity index (χ0v) is 14.2. The molecule has 8 nitrogen and oxygen atoms in total. The van der Waals surface area contributed by atoms with Crippen LogP contribution in [0, 0.1) is 0 Å². The summed E-state index contributed by atoms with van der Waals surface area (Å²) in [6.07, 6.45) is 2.08. The van der Waals surface area contributed by atoms with E-state index in [1.807, 2.05) is 30.3 Å². The van der Waals surface area contributed by atoms with Gasteiger partial charge in [-0.05, 0) is 24.1 Å². The summed E-state index contributed by atoms with van der Waals surface area (Å²) < 4.78 is 4.97. The van der Waals surface area contributed by atoms with E-state index in [0.717, 1.165) is 5.56 Å². The zero-order valence-electron chi connectivity index (χ0n) is 14.2. The van der Waals surface area contributed by atoms with Gasteiger partial charge in [0.2, 0.25) is 0 Å². The van der Waals surface area contributed by atoms with Crippen LogP contribution in [0.4, 0.5) is 4.79 Å². The molecule has 2 aromatic rings. The highest BCUT2D eigenvalue weighted by atomic mass is 16.3. The Kier molecular flexibility index (Phi) is 5.52. The quantitative estimate of drug-likeness (QED) is 0.846. The van der Waals surface area contributed by atoms with E-state index in [0.29, 0.717) is 26.1 Å². The summed E-state index contributed by atoms with van der Waals surface area (Å²) in [5, 5.41) is 8.04. The molecule has 0 spiro atoms. The van der Waals surface area contributed by atoms with Crippen LogP contribution in [0.1, 0.15) is 22.5 Å². The van der Waals surface area contributed by atoms with Gasteiger partial charge < -0.3 is 15.1 Å². The SMILES string of the molecule is O=C(NCC(=O)N1CCCN1C(=O)NCc1ccccc1)c1ccco1. The molecular formula is C18H20N4O4. The molecule has 3 rings (SSSR count). The smallest absolute Gasteiger partial charge is 0.336 e. The Morgan fingerprint density at radius 3 is 2.46 bits per heavy atom. The number of furan rings is 1. The molecule has 1 aliphatic heterocycles. The van der Waals surface area contributed by atoms with Gasteiger partial charge in [0, 0.05) is 19.6 Å². The third-order valence-corrected chi connectivity index (χ3v) is 3.99. The number of rotatable bonds is 5. The highest BCUT2D eigenvalue weighted by molar-refractivity contribution is 5.94. The average molecular weight is 356 g/mol. The molecule has 1 aliphatic rings. The van der Waals surface area contributed by atoms with Crippen molar-refractivity contribution in [2.45, 2.75) is 13.0 Å². The Bertz CT molecular complexity index is 761. The van der Waals surface area contributed by atoms with Gasteiger partial charge in [0.05, 0.1) is 12.8 Å². The lowest BCUT2D eigenvalue weighted by atomic mass is 10.2. The topological polar surface area (TPSA) is 94.9 Å². The van der Waals surface area contributed by atoms with E-state index in [1.165, 1.54) is 22.3 Å². The molecule has 0 atom stereocenters. The van der Waals surface area contributed by atoms with Gasteiger partial charge in [0.1, 0.15) is 0 Å². The predicted octanol–water partition coefficient (Wildman–Crippen LogP) is 1.37. The minimum atomic E-state index is -0.470. The lowest BCUT2D eigenvalue weighted by Gasteiger charge is -2.28. The van der Waals surface area contributed by atoms with Crippen molar-refractivity contribution >= 4 is 17.8 Å². The molecular weight excluding hydrogens is 336 g/mol. The molecule has 0 bridgehead atoms. The number of hydrazine groups is 1. The highest BCUT2D eigenvalue weighted by Crippen LogP contribution is 2.11. The summed E-state index contributed by atoms with van der Waals surface area (Å²) in [4.78, 5) is 36.6.